The molecule has 0 unspecified atom stereocenters. The third-order valence-electron chi connectivity index (χ3n) is 4.86. The average molecular weight is 282 g/mol. The molecule has 2 fully saturated rings. The lowest BCUT2D eigenvalue weighted by Gasteiger charge is -2.29. The Labute approximate surface area is 120 Å². The van der Waals surface area contributed by atoms with E-state index in [0.29, 0.717) is 18.9 Å². The molecule has 0 aromatic heterocycles. The summed E-state index contributed by atoms with van der Waals surface area (Å²) in [5, 5.41) is 12.1. The van der Waals surface area contributed by atoms with Gasteiger partial charge in [-0.2, -0.15) is 0 Å². The van der Waals surface area contributed by atoms with Crippen LogP contribution >= 0.6 is 0 Å². The van der Waals surface area contributed by atoms with Gasteiger partial charge in [-0.25, -0.2) is 0 Å². The number of carboxylic acid groups (broad SMARTS) is 1. The first kappa shape index (κ1) is 15.3. The van der Waals surface area contributed by atoms with Crippen LogP contribution < -0.4 is 5.32 Å². The van der Waals surface area contributed by atoms with Gasteiger partial charge in [-0.3, -0.25) is 9.59 Å². The smallest absolute Gasteiger partial charge is 0.307 e. The molecule has 2 N–H and O–H groups in total. The van der Waals surface area contributed by atoms with Crippen LogP contribution in [-0.2, 0) is 9.59 Å². The number of rotatable bonds is 5. The van der Waals surface area contributed by atoms with Crippen LogP contribution in [0.3, 0.4) is 0 Å². The molecule has 1 saturated carbocycles. The van der Waals surface area contributed by atoms with Gasteiger partial charge in [0.1, 0.15) is 0 Å². The minimum Gasteiger partial charge on any atom is -0.481 e. The average Bonchev–Trinajstić information content (AvgIpc) is 2.90. The van der Waals surface area contributed by atoms with Crippen LogP contribution in [0.4, 0.5) is 0 Å². The summed E-state index contributed by atoms with van der Waals surface area (Å²) in [6, 6.07) is 0. The molecule has 20 heavy (non-hydrogen) atoms. The normalized spacial score (nSPS) is 28.4. The molecule has 5 nitrogen and oxygen atoms in total. The molecule has 1 amide bonds. The molecule has 2 aliphatic rings. The molecule has 2 rings (SSSR count). The monoisotopic (exact) mass is 282 g/mol. The van der Waals surface area contributed by atoms with Gasteiger partial charge in [-0.05, 0) is 58.2 Å². The zero-order valence-electron chi connectivity index (χ0n) is 12.3. The van der Waals surface area contributed by atoms with Gasteiger partial charge in [-0.1, -0.05) is 6.42 Å². The van der Waals surface area contributed by atoms with E-state index in [1.807, 2.05) is 0 Å². The topological polar surface area (TPSA) is 69.6 Å². The van der Waals surface area contributed by atoms with Crippen LogP contribution in [-0.4, -0.2) is 48.6 Å². The second-order valence-corrected chi connectivity index (χ2v) is 6.31. The molecule has 2 atom stereocenters. The fourth-order valence-electron chi connectivity index (χ4n) is 3.45. The Morgan fingerprint density at radius 3 is 2.45 bits per heavy atom. The largest absolute Gasteiger partial charge is 0.481 e. The summed E-state index contributed by atoms with van der Waals surface area (Å²) in [6.45, 7) is 2.97. The fraction of sp³-hybridized carbons (Fsp3) is 0.867. The van der Waals surface area contributed by atoms with E-state index < -0.39 is 11.9 Å². The number of carboxylic acids is 1. The summed E-state index contributed by atoms with van der Waals surface area (Å²) < 4.78 is 0. The van der Waals surface area contributed by atoms with Crippen molar-refractivity contribution in [2.45, 2.75) is 38.5 Å². The number of hydrogen-bond acceptors (Lipinski definition) is 3. The lowest BCUT2D eigenvalue weighted by Crippen LogP contribution is -2.37. The highest BCUT2D eigenvalue weighted by Crippen LogP contribution is 2.32. The molecule has 0 aromatic carbocycles. The lowest BCUT2D eigenvalue weighted by atomic mass is 9.93. The first-order valence-corrected chi connectivity index (χ1v) is 7.77. The highest BCUT2D eigenvalue weighted by atomic mass is 16.4. The SMILES string of the molecule is CN1CCC(CCNC(=O)[C@@H]2CCC[C@@H]2C(=O)O)CC1. The molecule has 114 valence electrons. The van der Waals surface area contributed by atoms with Gasteiger partial charge < -0.3 is 15.3 Å². The summed E-state index contributed by atoms with van der Waals surface area (Å²) in [4.78, 5) is 25.5. The van der Waals surface area contributed by atoms with E-state index in [1.54, 1.807) is 0 Å². The Morgan fingerprint density at radius 2 is 1.80 bits per heavy atom. The van der Waals surface area contributed by atoms with Crippen molar-refractivity contribution < 1.29 is 14.7 Å². The number of nitrogens with zero attached hydrogens (tertiary/aromatic N) is 1. The fourth-order valence-corrected chi connectivity index (χ4v) is 3.45. The second-order valence-electron chi connectivity index (χ2n) is 6.31. The van der Waals surface area contributed by atoms with E-state index in [9.17, 15) is 9.59 Å². The summed E-state index contributed by atoms with van der Waals surface area (Å²) in [7, 11) is 2.14. The first-order valence-electron chi connectivity index (χ1n) is 7.77. The number of amides is 1. The van der Waals surface area contributed by atoms with E-state index in [2.05, 4.69) is 17.3 Å². The van der Waals surface area contributed by atoms with Crippen LogP contribution in [0.15, 0.2) is 0 Å². The Bertz CT molecular complexity index is 351. The Kier molecular flexibility index (Phi) is 5.40. The first-order chi connectivity index (χ1) is 9.58. The van der Waals surface area contributed by atoms with Crippen molar-refractivity contribution in [2.24, 2.45) is 17.8 Å². The molecule has 1 aliphatic carbocycles. The van der Waals surface area contributed by atoms with Gasteiger partial charge in [0.05, 0.1) is 11.8 Å². The van der Waals surface area contributed by atoms with Crippen molar-refractivity contribution in [2.75, 3.05) is 26.7 Å². The lowest BCUT2D eigenvalue weighted by molar-refractivity contribution is -0.146. The van der Waals surface area contributed by atoms with E-state index in [-0.39, 0.29) is 11.8 Å². The maximum absolute atomic E-state index is 12.1. The minimum atomic E-state index is -0.821. The Balaban J connectivity index is 1.68. The third-order valence-corrected chi connectivity index (χ3v) is 4.86. The summed E-state index contributed by atoms with van der Waals surface area (Å²) >= 11 is 0. The second kappa shape index (κ2) is 7.07. The Hall–Kier alpha value is -1.10. The quantitative estimate of drug-likeness (QED) is 0.798. The molecule has 5 heteroatoms. The zero-order chi connectivity index (χ0) is 14.5. The predicted molar refractivity (Wildman–Crippen MR) is 76.3 cm³/mol. The number of carbonyl (C=O) groups excluding carboxylic acids is 1. The van der Waals surface area contributed by atoms with Gasteiger partial charge in [-0.15, -0.1) is 0 Å². The van der Waals surface area contributed by atoms with Gasteiger partial charge in [0.25, 0.3) is 0 Å². The van der Waals surface area contributed by atoms with E-state index in [0.717, 1.165) is 32.4 Å². The Morgan fingerprint density at radius 1 is 1.15 bits per heavy atom. The zero-order valence-corrected chi connectivity index (χ0v) is 12.3. The van der Waals surface area contributed by atoms with Crippen LogP contribution in [0.5, 0.6) is 0 Å². The van der Waals surface area contributed by atoms with Crippen molar-refractivity contribution in [3.8, 4) is 0 Å². The van der Waals surface area contributed by atoms with Gasteiger partial charge in [0.2, 0.25) is 5.91 Å². The standard InChI is InChI=1S/C15H26N2O3/c1-17-9-6-11(7-10-17)5-8-16-14(18)12-3-2-4-13(12)15(19)20/h11-13H,2-10H2,1H3,(H,16,18)(H,19,20)/t12-,13+/m1/s1. The number of nitrogens with one attached hydrogen (secondary N) is 1. The van der Waals surface area contributed by atoms with Gasteiger partial charge in [0.15, 0.2) is 0 Å². The number of likely N-dealkylation sites (tertiary alicyclic amines) is 1. The van der Waals surface area contributed by atoms with Crippen LogP contribution in [0.2, 0.25) is 0 Å². The van der Waals surface area contributed by atoms with Crippen LogP contribution in [0, 0.1) is 17.8 Å². The van der Waals surface area contributed by atoms with Crippen molar-refractivity contribution in [3.05, 3.63) is 0 Å². The number of carbonyl (C=O) groups is 2. The molecule has 1 heterocycles. The summed E-state index contributed by atoms with van der Waals surface area (Å²) in [5.41, 5.74) is 0. The summed E-state index contributed by atoms with van der Waals surface area (Å²) in [5.74, 6) is -0.963. The van der Waals surface area contributed by atoms with Crippen molar-refractivity contribution in [1.82, 2.24) is 10.2 Å². The molecule has 0 spiro atoms. The number of hydrogen-bond donors (Lipinski definition) is 2. The van der Waals surface area contributed by atoms with Crippen molar-refractivity contribution in [1.29, 1.82) is 0 Å². The van der Waals surface area contributed by atoms with Crippen LogP contribution in [0.1, 0.15) is 38.5 Å². The molecule has 0 aromatic rings. The maximum Gasteiger partial charge on any atom is 0.307 e. The van der Waals surface area contributed by atoms with E-state index in [1.165, 1.54) is 12.8 Å². The number of aliphatic carboxylic acids is 1. The summed E-state index contributed by atoms with van der Waals surface area (Å²) in [6.07, 6.45) is 5.63. The van der Waals surface area contributed by atoms with Crippen molar-refractivity contribution in [3.63, 3.8) is 0 Å². The minimum absolute atomic E-state index is 0.0529. The molecular weight excluding hydrogens is 256 g/mol. The highest BCUT2D eigenvalue weighted by molar-refractivity contribution is 5.85. The van der Waals surface area contributed by atoms with E-state index in [4.69, 9.17) is 5.11 Å². The maximum atomic E-state index is 12.1. The van der Waals surface area contributed by atoms with Gasteiger partial charge in [0, 0.05) is 6.54 Å². The molecular formula is C15H26N2O3. The molecule has 0 bridgehead atoms. The van der Waals surface area contributed by atoms with Crippen LogP contribution in [0.25, 0.3) is 0 Å². The van der Waals surface area contributed by atoms with Crippen molar-refractivity contribution >= 4 is 11.9 Å². The molecule has 0 radical (unpaired) electrons. The number of piperidine rings is 1. The third kappa shape index (κ3) is 3.95. The molecule has 1 aliphatic heterocycles. The van der Waals surface area contributed by atoms with Gasteiger partial charge >= 0.3 is 5.97 Å². The predicted octanol–water partition coefficient (Wildman–Crippen LogP) is 1.34. The highest BCUT2D eigenvalue weighted by Gasteiger charge is 2.37. The molecule has 1 saturated heterocycles. The van der Waals surface area contributed by atoms with E-state index >= 15 is 0 Å².